The lowest BCUT2D eigenvalue weighted by Crippen LogP contribution is -2.60. The number of nitrogens with one attached hydrogen (secondary N) is 9. The van der Waals surface area contributed by atoms with Crippen molar-refractivity contribution in [3.63, 3.8) is 0 Å². The van der Waals surface area contributed by atoms with Gasteiger partial charge in [-0.25, -0.2) is 4.79 Å². The van der Waals surface area contributed by atoms with Gasteiger partial charge in [0.15, 0.2) is 5.96 Å². The highest BCUT2D eigenvalue weighted by molar-refractivity contribution is 5.98. The van der Waals surface area contributed by atoms with Crippen molar-refractivity contribution in [2.24, 2.45) is 34.6 Å². The van der Waals surface area contributed by atoms with Gasteiger partial charge in [-0.1, -0.05) is 13.8 Å². The molecule has 0 spiro atoms. The van der Waals surface area contributed by atoms with Crippen LogP contribution in [0.15, 0.2) is 0 Å². The molecule has 1 rings (SSSR count). The summed E-state index contributed by atoms with van der Waals surface area (Å²) in [5.41, 5.74) is 27.7. The molecule has 0 radical (unpaired) electrons. The summed E-state index contributed by atoms with van der Waals surface area (Å²) in [5, 5.41) is 37.4. The summed E-state index contributed by atoms with van der Waals surface area (Å²) in [4.78, 5) is 132. The van der Waals surface area contributed by atoms with Crippen LogP contribution in [0.2, 0.25) is 0 Å². The Kier molecular flexibility index (Phi) is 27.3. The zero-order chi connectivity index (χ0) is 51.7. The van der Waals surface area contributed by atoms with Gasteiger partial charge in [-0.15, -0.1) is 0 Å². The van der Waals surface area contributed by atoms with Gasteiger partial charge >= 0.3 is 5.97 Å². The van der Waals surface area contributed by atoms with Crippen LogP contribution in [0, 0.1) is 11.3 Å². The summed E-state index contributed by atoms with van der Waals surface area (Å²) in [6.07, 6.45) is 2.67. The van der Waals surface area contributed by atoms with E-state index in [4.69, 9.17) is 34.1 Å². The maximum atomic E-state index is 14.1. The molecule has 1 aliphatic rings. The number of carbonyl (C=O) groups excluding carboxylic acids is 9. The van der Waals surface area contributed by atoms with Crippen LogP contribution in [-0.2, 0) is 47.9 Å². The Hall–Kier alpha value is -6.15. The minimum absolute atomic E-state index is 0.00844. The lowest BCUT2D eigenvalue weighted by molar-refractivity contribution is -0.142. The first-order chi connectivity index (χ1) is 31.9. The van der Waals surface area contributed by atoms with E-state index in [0.717, 1.165) is 0 Å². The van der Waals surface area contributed by atoms with E-state index in [9.17, 15) is 53.1 Å². The van der Waals surface area contributed by atoms with E-state index < -0.39 is 119 Å². The minimum atomic E-state index is -1.45. The van der Waals surface area contributed by atoms with Gasteiger partial charge in [0, 0.05) is 19.5 Å². The Balaban J connectivity index is 3.26. The van der Waals surface area contributed by atoms with Gasteiger partial charge in [0.25, 0.3) is 0 Å². The number of amides is 9. The van der Waals surface area contributed by atoms with E-state index in [0.29, 0.717) is 38.6 Å². The normalized spacial score (nSPS) is 16.8. The van der Waals surface area contributed by atoms with Crippen molar-refractivity contribution >= 4 is 65.1 Å². The third-order valence-corrected chi connectivity index (χ3v) is 11.1. The molecule has 0 bridgehead atoms. The van der Waals surface area contributed by atoms with Gasteiger partial charge < -0.3 is 81.2 Å². The highest BCUT2D eigenvalue weighted by Crippen LogP contribution is 2.21. The Labute approximate surface area is 397 Å². The maximum absolute atomic E-state index is 14.1. The van der Waals surface area contributed by atoms with Crippen LogP contribution in [0.3, 0.4) is 0 Å². The molecule has 9 amide bonds. The second-order valence-corrected chi connectivity index (χ2v) is 17.3. The number of rotatable bonds is 32. The standard InChI is InChI=1S/C42H77N15O11/c1-22(2)32(39(65)51-24(4)34(60)50-25(5)35(61)55-29(41(67)68)16-17-31(46)58)56-37(63)26(12-6-8-18-43)52-36(62)27(14-10-20-49-42(47)48)53-38(64)30-15-11-21-57(30)40(66)28(13-7-9-19-44)54-33(59)23(3)45/h22-30,32H,6-21,43-45H2,1-5H3,(H2,46,58)(H,50,60)(H,51,65)(H,52,62)(H,53,64)(H,54,59)(H,55,61)(H,56,63)(H,67,68)(H4,47,48,49)/t23-,24-,25-,26+,27-,28-,29-,30-,32-/m0/s1. The quantitative estimate of drug-likeness (QED) is 0.0171. The van der Waals surface area contributed by atoms with E-state index in [1.54, 1.807) is 13.8 Å². The fraction of sp³-hybridized carbons (Fsp3) is 0.738. The fourth-order valence-corrected chi connectivity index (χ4v) is 7.06. The molecule has 1 aliphatic heterocycles. The number of likely N-dealkylation sites (tertiary alicyclic amines) is 1. The van der Waals surface area contributed by atoms with Crippen molar-refractivity contribution in [3.8, 4) is 0 Å². The number of guanidine groups is 1. The van der Waals surface area contributed by atoms with Crippen LogP contribution in [-0.4, -0.2) is 156 Å². The molecule has 1 heterocycles. The molecular weight excluding hydrogens is 891 g/mol. The molecule has 1 saturated heterocycles. The number of aliphatic carboxylic acids is 1. The molecule has 0 aromatic heterocycles. The molecule has 386 valence electrons. The molecule has 0 aromatic rings. The second-order valence-electron chi connectivity index (χ2n) is 17.3. The average molecular weight is 968 g/mol. The second kappa shape index (κ2) is 31.0. The van der Waals surface area contributed by atoms with Crippen molar-refractivity contribution in [3.05, 3.63) is 0 Å². The molecule has 0 aliphatic carbocycles. The van der Waals surface area contributed by atoms with Gasteiger partial charge in [-0.3, -0.25) is 48.6 Å². The van der Waals surface area contributed by atoms with E-state index in [-0.39, 0.29) is 70.5 Å². The Morgan fingerprint density at radius 1 is 0.618 bits per heavy atom. The monoisotopic (exact) mass is 968 g/mol. The summed E-state index contributed by atoms with van der Waals surface area (Å²) in [5.74, 6) is -8.73. The van der Waals surface area contributed by atoms with Crippen molar-refractivity contribution in [2.45, 2.75) is 166 Å². The topological polar surface area (TPSA) is 444 Å². The van der Waals surface area contributed by atoms with E-state index in [1.165, 1.54) is 25.7 Å². The van der Waals surface area contributed by atoms with Gasteiger partial charge in [0.1, 0.15) is 48.3 Å². The van der Waals surface area contributed by atoms with Gasteiger partial charge in [-0.05, 0) is 110 Å². The van der Waals surface area contributed by atoms with Gasteiger partial charge in [-0.2, -0.15) is 0 Å². The molecule has 26 heteroatoms. The Bertz CT molecular complexity index is 1750. The lowest BCUT2D eigenvalue weighted by atomic mass is 10.0. The molecule has 0 saturated carbocycles. The number of nitrogens with zero attached hydrogens (tertiary/aromatic N) is 1. The first-order valence-electron chi connectivity index (χ1n) is 23.1. The van der Waals surface area contributed by atoms with Gasteiger partial charge in [0.2, 0.25) is 53.2 Å². The predicted molar refractivity (Wildman–Crippen MR) is 249 cm³/mol. The van der Waals surface area contributed by atoms with Crippen molar-refractivity contribution in [1.82, 2.24) is 47.4 Å². The van der Waals surface area contributed by atoms with Crippen LogP contribution < -0.4 is 71.2 Å². The van der Waals surface area contributed by atoms with E-state index in [2.05, 4.69) is 42.5 Å². The first kappa shape index (κ1) is 59.9. The summed E-state index contributed by atoms with van der Waals surface area (Å²) in [7, 11) is 0. The summed E-state index contributed by atoms with van der Waals surface area (Å²) in [6.45, 7) is 8.36. The van der Waals surface area contributed by atoms with Crippen LogP contribution in [0.5, 0.6) is 0 Å². The molecule has 9 atom stereocenters. The highest BCUT2D eigenvalue weighted by Gasteiger charge is 2.40. The zero-order valence-electron chi connectivity index (χ0n) is 40.0. The summed E-state index contributed by atoms with van der Waals surface area (Å²) < 4.78 is 0. The van der Waals surface area contributed by atoms with Crippen LogP contribution in [0.1, 0.15) is 112 Å². The smallest absolute Gasteiger partial charge is 0.326 e. The van der Waals surface area contributed by atoms with Crippen LogP contribution in [0.4, 0.5) is 0 Å². The lowest BCUT2D eigenvalue weighted by Gasteiger charge is -2.31. The van der Waals surface area contributed by atoms with E-state index in [1.807, 2.05) is 0 Å². The third kappa shape index (κ3) is 21.6. The molecule has 0 unspecified atom stereocenters. The number of carboxylic acid groups (broad SMARTS) is 1. The number of carbonyl (C=O) groups is 10. The van der Waals surface area contributed by atoms with Crippen molar-refractivity contribution in [1.29, 1.82) is 5.41 Å². The number of carboxylic acids is 1. The number of hydrogen-bond donors (Lipinski definition) is 15. The maximum Gasteiger partial charge on any atom is 0.326 e. The predicted octanol–water partition coefficient (Wildman–Crippen LogP) is -4.71. The number of nitrogens with two attached hydrogens (primary N) is 5. The molecular formula is C42H77N15O11. The summed E-state index contributed by atoms with van der Waals surface area (Å²) in [6, 6.07) is -10.6. The van der Waals surface area contributed by atoms with E-state index >= 15 is 0 Å². The third-order valence-electron chi connectivity index (χ3n) is 11.1. The van der Waals surface area contributed by atoms with Crippen molar-refractivity contribution in [2.75, 3.05) is 26.2 Å². The van der Waals surface area contributed by atoms with Crippen LogP contribution >= 0.6 is 0 Å². The molecule has 68 heavy (non-hydrogen) atoms. The highest BCUT2D eigenvalue weighted by atomic mass is 16.4. The SMILES string of the molecule is CC(C)[C@H](NC(=O)[C@@H](CCCCN)NC(=O)[C@H](CCCNC(=N)N)NC(=O)[C@@H]1CCCN1C(=O)[C@H](CCCCN)NC(=O)[C@H](C)N)C(=O)N[C@@H](C)C(=O)N[C@@H](C)C(=O)N[C@@H](CCC(N)=O)C(=O)O. The van der Waals surface area contributed by atoms with Gasteiger partial charge in [0.05, 0.1) is 6.04 Å². The minimum Gasteiger partial charge on any atom is -0.480 e. The fourth-order valence-electron chi connectivity index (χ4n) is 7.06. The Morgan fingerprint density at radius 3 is 1.65 bits per heavy atom. The molecule has 26 nitrogen and oxygen atoms in total. The molecule has 1 fully saturated rings. The average Bonchev–Trinajstić information content (AvgIpc) is 3.76. The van der Waals surface area contributed by atoms with Crippen molar-refractivity contribution < 1.29 is 53.1 Å². The largest absolute Gasteiger partial charge is 0.480 e. The molecule has 20 N–H and O–H groups in total. The van der Waals surface area contributed by atoms with Crippen LogP contribution in [0.25, 0.3) is 0 Å². The number of primary amides is 1. The number of unbranched alkanes of at least 4 members (excludes halogenated alkanes) is 2. The zero-order valence-corrected chi connectivity index (χ0v) is 40.0. The summed E-state index contributed by atoms with van der Waals surface area (Å²) >= 11 is 0. The number of hydrogen-bond acceptors (Lipinski definition) is 14. The Morgan fingerprint density at radius 2 is 1.12 bits per heavy atom. The first-order valence-corrected chi connectivity index (χ1v) is 23.1. The molecule has 0 aromatic carbocycles.